The van der Waals surface area contributed by atoms with Gasteiger partial charge < -0.3 is 23.6 Å². The molecule has 4 aliphatic rings. The van der Waals surface area contributed by atoms with Gasteiger partial charge >= 0.3 is 0 Å². The second-order valence-electron chi connectivity index (χ2n) is 11.5. The second-order valence-corrected chi connectivity index (χ2v) is 11.5. The van der Waals surface area contributed by atoms with Crippen molar-refractivity contribution in [2.24, 2.45) is 35.9 Å². The van der Waals surface area contributed by atoms with Crippen molar-refractivity contribution in [3.05, 3.63) is 48.0 Å². The van der Waals surface area contributed by atoms with Gasteiger partial charge in [-0.15, -0.1) is 0 Å². The van der Waals surface area contributed by atoms with Gasteiger partial charge in [0, 0.05) is 42.5 Å². The minimum Gasteiger partial charge on any atom is -0.494 e. The van der Waals surface area contributed by atoms with Gasteiger partial charge in [0.15, 0.2) is 5.82 Å². The fraction of sp³-hybridized carbons (Fsp3) is 0.433. The van der Waals surface area contributed by atoms with E-state index in [1.54, 1.807) is 14.2 Å². The molecule has 3 saturated carbocycles. The zero-order valence-corrected chi connectivity index (χ0v) is 21.9. The third-order valence-electron chi connectivity index (χ3n) is 9.42. The molecule has 4 fully saturated rings. The van der Waals surface area contributed by atoms with Gasteiger partial charge in [-0.3, -0.25) is 4.79 Å². The van der Waals surface area contributed by atoms with Gasteiger partial charge in [0.2, 0.25) is 0 Å². The molecule has 38 heavy (non-hydrogen) atoms. The molecule has 0 radical (unpaired) electrons. The minimum atomic E-state index is 0.0157. The molecule has 3 aliphatic carbocycles. The van der Waals surface area contributed by atoms with E-state index in [4.69, 9.17) is 14.6 Å². The number of rotatable bonds is 6. The molecule has 8 heteroatoms. The first kappa shape index (κ1) is 22.2. The summed E-state index contributed by atoms with van der Waals surface area (Å²) in [5.41, 5.74) is 5.64. The van der Waals surface area contributed by atoms with E-state index in [1.807, 2.05) is 24.1 Å². The SMILES string of the molecule is CO/N=C1\C2C[C@@H]3CN(C(=O)c4cc(OC)c5c(c4)nc(-c4cc6ccccc6n4CC4CC4)n5C)[C@H]1[C@H]23. The number of likely N-dealkylation sites (tertiary alicyclic amines) is 1. The molecule has 8 rings (SSSR count). The van der Waals surface area contributed by atoms with Crippen molar-refractivity contribution in [3.8, 4) is 17.3 Å². The molecule has 3 heterocycles. The Hall–Kier alpha value is -3.81. The summed E-state index contributed by atoms with van der Waals surface area (Å²) in [7, 11) is 5.28. The van der Waals surface area contributed by atoms with E-state index in [1.165, 1.54) is 23.7 Å². The average Bonchev–Trinajstić information content (AvgIpc) is 3.56. The summed E-state index contributed by atoms with van der Waals surface area (Å²) in [6.45, 7) is 1.78. The number of ether oxygens (including phenoxy) is 1. The molecule has 1 amide bonds. The lowest BCUT2D eigenvalue weighted by atomic mass is 9.52. The number of oxime groups is 1. The Kier molecular flexibility index (Phi) is 4.59. The summed E-state index contributed by atoms with van der Waals surface area (Å²) < 4.78 is 10.4. The van der Waals surface area contributed by atoms with E-state index in [-0.39, 0.29) is 11.9 Å². The fourth-order valence-corrected chi connectivity index (χ4v) is 7.37. The highest BCUT2D eigenvalue weighted by molar-refractivity contribution is 6.07. The Morgan fingerprint density at radius 3 is 2.79 bits per heavy atom. The Balaban J connectivity index is 1.22. The quantitative estimate of drug-likeness (QED) is 0.353. The van der Waals surface area contributed by atoms with Crippen molar-refractivity contribution >= 4 is 33.6 Å². The number of benzene rings is 2. The topological polar surface area (TPSA) is 73.9 Å². The number of nitrogens with zero attached hydrogens (tertiary/aromatic N) is 5. The second kappa shape index (κ2) is 7.85. The van der Waals surface area contributed by atoms with Crippen LogP contribution in [0.25, 0.3) is 33.5 Å². The van der Waals surface area contributed by atoms with Crippen LogP contribution in [-0.4, -0.2) is 57.4 Å². The fourth-order valence-electron chi connectivity index (χ4n) is 7.37. The molecule has 2 aromatic carbocycles. The first-order valence-corrected chi connectivity index (χ1v) is 13.6. The molecule has 1 saturated heterocycles. The Morgan fingerprint density at radius 2 is 2.00 bits per heavy atom. The van der Waals surface area contributed by atoms with E-state index >= 15 is 0 Å². The van der Waals surface area contributed by atoms with E-state index in [2.05, 4.69) is 44.6 Å². The number of hydrogen-bond donors (Lipinski definition) is 0. The molecule has 8 nitrogen and oxygen atoms in total. The number of para-hydroxylation sites is 1. The first-order chi connectivity index (χ1) is 18.6. The molecule has 4 atom stereocenters. The number of methoxy groups -OCH3 is 1. The van der Waals surface area contributed by atoms with Crippen molar-refractivity contribution in [1.82, 2.24) is 19.0 Å². The third kappa shape index (κ3) is 2.94. The smallest absolute Gasteiger partial charge is 0.254 e. The Labute approximate surface area is 220 Å². The predicted molar refractivity (Wildman–Crippen MR) is 145 cm³/mol. The molecule has 0 N–H and O–H groups in total. The molecule has 1 unspecified atom stereocenters. The lowest BCUT2D eigenvalue weighted by Gasteiger charge is -2.52. The van der Waals surface area contributed by atoms with Crippen molar-refractivity contribution in [2.45, 2.75) is 31.8 Å². The van der Waals surface area contributed by atoms with Gasteiger partial charge in [-0.05, 0) is 61.3 Å². The number of fused-ring (bicyclic) bond motifs is 2. The maximum atomic E-state index is 13.9. The van der Waals surface area contributed by atoms with Gasteiger partial charge in [-0.1, -0.05) is 23.4 Å². The van der Waals surface area contributed by atoms with Crippen LogP contribution in [0.3, 0.4) is 0 Å². The van der Waals surface area contributed by atoms with E-state index in [9.17, 15) is 4.79 Å². The molecule has 1 aliphatic heterocycles. The molecule has 2 aromatic heterocycles. The third-order valence-corrected chi connectivity index (χ3v) is 9.42. The van der Waals surface area contributed by atoms with E-state index < -0.39 is 0 Å². The molecule has 0 bridgehead atoms. The minimum absolute atomic E-state index is 0.0157. The number of carbonyl (C=O) groups is 1. The van der Waals surface area contributed by atoms with Gasteiger partial charge in [0.1, 0.15) is 18.4 Å². The number of imidazole rings is 1. The number of carbonyl (C=O) groups excluding carboxylic acids is 1. The predicted octanol–water partition coefficient (Wildman–Crippen LogP) is 4.71. The summed E-state index contributed by atoms with van der Waals surface area (Å²) >= 11 is 0. The van der Waals surface area contributed by atoms with Crippen LogP contribution < -0.4 is 4.74 Å². The standard InChI is InChI=1S/C30H31N5O3/c1-33-27-21(31-29(33)23-12-17-6-4-5-7-22(17)34(23)14-16-8-9-16)11-18(13-24(27)37-2)30(36)35-15-19-10-20-25(19)28(35)26(20)32-38-3/h4-7,11-13,16,19-20,25,28H,8-10,14-15H2,1-3H3/b32-26+/t19-,20?,25+,28+/m1/s1. The Morgan fingerprint density at radius 1 is 1.16 bits per heavy atom. The van der Waals surface area contributed by atoms with Crippen LogP contribution >= 0.6 is 0 Å². The zero-order chi connectivity index (χ0) is 25.7. The van der Waals surface area contributed by atoms with Crippen molar-refractivity contribution in [3.63, 3.8) is 0 Å². The van der Waals surface area contributed by atoms with Gasteiger partial charge in [0.25, 0.3) is 5.91 Å². The molecule has 194 valence electrons. The summed E-state index contributed by atoms with van der Waals surface area (Å²) in [5.74, 6) is 3.89. The highest BCUT2D eigenvalue weighted by atomic mass is 16.6. The van der Waals surface area contributed by atoms with Crippen molar-refractivity contribution < 1.29 is 14.4 Å². The van der Waals surface area contributed by atoms with E-state index in [0.717, 1.165) is 53.7 Å². The largest absolute Gasteiger partial charge is 0.494 e. The average molecular weight is 510 g/mol. The molecular weight excluding hydrogens is 478 g/mol. The monoisotopic (exact) mass is 509 g/mol. The molecular formula is C30H31N5O3. The Bertz CT molecular complexity index is 1660. The van der Waals surface area contributed by atoms with Gasteiger partial charge in [-0.2, -0.15) is 0 Å². The van der Waals surface area contributed by atoms with Crippen LogP contribution in [0.15, 0.2) is 47.6 Å². The van der Waals surface area contributed by atoms with Crippen LogP contribution in [0.5, 0.6) is 5.75 Å². The number of hydrogen-bond acceptors (Lipinski definition) is 5. The lowest BCUT2D eigenvalue weighted by Crippen LogP contribution is -2.62. The maximum absolute atomic E-state index is 13.9. The maximum Gasteiger partial charge on any atom is 0.254 e. The van der Waals surface area contributed by atoms with Crippen LogP contribution in [0.4, 0.5) is 0 Å². The van der Waals surface area contributed by atoms with Crippen molar-refractivity contribution in [1.29, 1.82) is 0 Å². The highest BCUT2D eigenvalue weighted by Gasteiger charge is 2.66. The molecule has 0 spiro atoms. The normalized spacial score (nSPS) is 26.5. The van der Waals surface area contributed by atoms with Gasteiger partial charge in [-0.25, -0.2) is 4.98 Å². The summed E-state index contributed by atoms with van der Waals surface area (Å²) in [6, 6.07) is 14.6. The van der Waals surface area contributed by atoms with Crippen LogP contribution in [0, 0.1) is 23.7 Å². The van der Waals surface area contributed by atoms with Crippen LogP contribution in [0.2, 0.25) is 0 Å². The molecule has 4 aromatic rings. The zero-order valence-electron chi connectivity index (χ0n) is 21.9. The van der Waals surface area contributed by atoms with Crippen molar-refractivity contribution in [2.75, 3.05) is 20.8 Å². The van der Waals surface area contributed by atoms with Crippen LogP contribution in [0.1, 0.15) is 29.6 Å². The highest BCUT2D eigenvalue weighted by Crippen LogP contribution is 2.59. The lowest BCUT2D eigenvalue weighted by molar-refractivity contribution is 0.0674. The summed E-state index contributed by atoms with van der Waals surface area (Å²) in [6.07, 6.45) is 3.67. The van der Waals surface area contributed by atoms with E-state index in [0.29, 0.717) is 29.1 Å². The number of aromatic nitrogens is 3. The van der Waals surface area contributed by atoms with Crippen LogP contribution in [-0.2, 0) is 18.4 Å². The summed E-state index contributed by atoms with van der Waals surface area (Å²) in [4.78, 5) is 26.1. The summed E-state index contributed by atoms with van der Waals surface area (Å²) in [5, 5.41) is 5.50. The first-order valence-electron chi connectivity index (χ1n) is 13.6. The number of amides is 1. The van der Waals surface area contributed by atoms with Gasteiger partial charge in [0.05, 0.1) is 30.1 Å². The number of aryl methyl sites for hydroxylation is 1.